The minimum Gasteiger partial charge on any atom is -0.508 e. The van der Waals surface area contributed by atoms with E-state index in [1.807, 2.05) is 34.6 Å². The largest absolute Gasteiger partial charge is 0.508 e. The van der Waals surface area contributed by atoms with Gasteiger partial charge in [-0.3, -0.25) is 0 Å². The van der Waals surface area contributed by atoms with Crippen LogP contribution in [0.1, 0.15) is 51.7 Å². The lowest BCUT2D eigenvalue weighted by Gasteiger charge is -2.21. The van der Waals surface area contributed by atoms with Crippen LogP contribution in [0.4, 0.5) is 0 Å². The molecule has 0 saturated carbocycles. The number of hydrogen-bond donors (Lipinski definition) is 1. The SMILES string of the molecule is CC(C)c1c(O)cc(C(C)(C)C)c2oc(=O)sc12. The maximum Gasteiger partial charge on any atom is 0.396 e. The number of phenols is 1. The Morgan fingerprint density at radius 1 is 1.33 bits per heavy atom. The van der Waals surface area contributed by atoms with Crippen molar-refractivity contribution in [3.05, 3.63) is 26.9 Å². The van der Waals surface area contributed by atoms with Crippen LogP contribution in [0.2, 0.25) is 0 Å². The van der Waals surface area contributed by atoms with Crippen LogP contribution < -0.4 is 4.94 Å². The lowest BCUT2D eigenvalue weighted by atomic mass is 9.85. The Balaban J connectivity index is 2.94. The molecule has 0 radical (unpaired) electrons. The second-order valence-electron chi connectivity index (χ2n) is 5.87. The van der Waals surface area contributed by atoms with Gasteiger partial charge in [0.15, 0.2) is 5.58 Å². The summed E-state index contributed by atoms with van der Waals surface area (Å²) in [5, 5.41) is 10.2. The third-order valence-corrected chi connectivity index (χ3v) is 3.87. The van der Waals surface area contributed by atoms with E-state index in [1.165, 1.54) is 0 Å². The molecule has 1 aromatic heterocycles. The van der Waals surface area contributed by atoms with E-state index in [9.17, 15) is 9.90 Å². The summed E-state index contributed by atoms with van der Waals surface area (Å²) >= 11 is 1.07. The zero-order chi connectivity index (χ0) is 13.7. The normalized spacial score (nSPS) is 12.6. The molecule has 0 amide bonds. The molecule has 0 unspecified atom stereocenters. The van der Waals surface area contributed by atoms with Crippen LogP contribution in [-0.4, -0.2) is 5.11 Å². The summed E-state index contributed by atoms with van der Waals surface area (Å²) < 4.78 is 6.10. The van der Waals surface area contributed by atoms with Crippen LogP contribution in [-0.2, 0) is 5.41 Å². The van der Waals surface area contributed by atoms with Crippen LogP contribution in [0.25, 0.3) is 10.3 Å². The fourth-order valence-electron chi connectivity index (χ4n) is 2.15. The monoisotopic (exact) mass is 266 g/mol. The van der Waals surface area contributed by atoms with Gasteiger partial charge in [-0.15, -0.1) is 0 Å². The molecule has 0 spiro atoms. The van der Waals surface area contributed by atoms with Crippen LogP contribution in [0.15, 0.2) is 15.3 Å². The first kappa shape index (κ1) is 13.1. The highest BCUT2D eigenvalue weighted by atomic mass is 32.1. The first-order valence-electron chi connectivity index (χ1n) is 6.01. The van der Waals surface area contributed by atoms with Crippen molar-refractivity contribution in [2.24, 2.45) is 0 Å². The Bertz CT molecular complexity index is 641. The van der Waals surface area contributed by atoms with E-state index in [4.69, 9.17) is 4.42 Å². The van der Waals surface area contributed by atoms with Crippen molar-refractivity contribution >= 4 is 21.6 Å². The second-order valence-corrected chi connectivity index (χ2v) is 6.82. The van der Waals surface area contributed by atoms with Crippen LogP contribution >= 0.6 is 11.3 Å². The van der Waals surface area contributed by atoms with Crippen molar-refractivity contribution in [3.8, 4) is 5.75 Å². The standard InChI is InChI=1S/C14H18O3S/c1-7(2)10-9(15)6-8(14(3,4)5)11-12(10)18-13(16)17-11/h6-7,15H,1-5H3. The van der Waals surface area contributed by atoms with Gasteiger partial charge in [0, 0.05) is 11.1 Å². The molecule has 0 aliphatic carbocycles. The maximum atomic E-state index is 11.5. The van der Waals surface area contributed by atoms with E-state index in [2.05, 4.69) is 0 Å². The van der Waals surface area contributed by atoms with Gasteiger partial charge in [-0.1, -0.05) is 46.0 Å². The summed E-state index contributed by atoms with van der Waals surface area (Å²) in [7, 11) is 0. The van der Waals surface area contributed by atoms with Gasteiger partial charge in [-0.05, 0) is 17.4 Å². The van der Waals surface area contributed by atoms with Gasteiger partial charge in [-0.25, -0.2) is 4.79 Å². The zero-order valence-electron chi connectivity index (χ0n) is 11.3. The molecular formula is C14H18O3S. The molecule has 4 heteroatoms. The van der Waals surface area contributed by atoms with Gasteiger partial charge in [0.2, 0.25) is 0 Å². The predicted octanol–water partition coefficient (Wildman–Crippen LogP) is 3.98. The highest BCUT2D eigenvalue weighted by Crippen LogP contribution is 2.41. The average Bonchev–Trinajstić information content (AvgIpc) is 2.54. The summed E-state index contributed by atoms with van der Waals surface area (Å²) in [4.78, 5) is 11.2. The van der Waals surface area contributed by atoms with Crippen molar-refractivity contribution in [1.82, 2.24) is 0 Å². The minimum atomic E-state index is -0.317. The molecule has 0 aliphatic rings. The number of rotatable bonds is 1. The number of fused-ring (bicyclic) bond motifs is 1. The van der Waals surface area contributed by atoms with Gasteiger partial charge in [0.05, 0.1) is 4.70 Å². The Morgan fingerprint density at radius 2 is 1.94 bits per heavy atom. The molecule has 0 saturated heterocycles. The first-order valence-corrected chi connectivity index (χ1v) is 6.83. The molecule has 0 atom stereocenters. The smallest absolute Gasteiger partial charge is 0.396 e. The minimum absolute atomic E-state index is 0.148. The summed E-state index contributed by atoms with van der Waals surface area (Å²) in [5.41, 5.74) is 2.12. The van der Waals surface area contributed by atoms with Gasteiger partial charge >= 0.3 is 4.94 Å². The van der Waals surface area contributed by atoms with Crippen LogP contribution in [0.5, 0.6) is 5.75 Å². The maximum absolute atomic E-state index is 11.5. The lowest BCUT2D eigenvalue weighted by Crippen LogP contribution is -2.12. The van der Waals surface area contributed by atoms with E-state index in [0.717, 1.165) is 27.2 Å². The van der Waals surface area contributed by atoms with E-state index in [-0.39, 0.29) is 22.0 Å². The fourth-order valence-corrected chi connectivity index (χ4v) is 3.13. The van der Waals surface area contributed by atoms with E-state index in [0.29, 0.717) is 5.58 Å². The second kappa shape index (κ2) is 4.12. The highest BCUT2D eigenvalue weighted by molar-refractivity contribution is 7.16. The molecule has 0 bridgehead atoms. The molecule has 98 valence electrons. The van der Waals surface area contributed by atoms with Gasteiger partial charge < -0.3 is 9.52 Å². The van der Waals surface area contributed by atoms with Gasteiger partial charge in [0.25, 0.3) is 0 Å². The van der Waals surface area contributed by atoms with Crippen molar-refractivity contribution in [2.75, 3.05) is 0 Å². The third-order valence-electron chi connectivity index (χ3n) is 3.01. The molecule has 3 nitrogen and oxygen atoms in total. The predicted molar refractivity (Wildman–Crippen MR) is 74.8 cm³/mol. The van der Waals surface area contributed by atoms with Crippen molar-refractivity contribution in [1.29, 1.82) is 0 Å². The third kappa shape index (κ3) is 2.05. The average molecular weight is 266 g/mol. The molecule has 1 N–H and O–H groups in total. The number of aromatic hydroxyl groups is 1. The fraction of sp³-hybridized carbons (Fsp3) is 0.500. The number of benzene rings is 1. The summed E-state index contributed by atoms with van der Waals surface area (Å²) in [5.74, 6) is 0.397. The topological polar surface area (TPSA) is 50.4 Å². The van der Waals surface area contributed by atoms with E-state index < -0.39 is 0 Å². The number of phenolic OH excluding ortho intramolecular Hbond substituents is 1. The number of hydrogen-bond acceptors (Lipinski definition) is 4. The van der Waals surface area contributed by atoms with Crippen molar-refractivity contribution in [3.63, 3.8) is 0 Å². The van der Waals surface area contributed by atoms with Crippen LogP contribution in [0, 0.1) is 0 Å². The molecule has 1 heterocycles. The quantitative estimate of drug-likeness (QED) is 0.849. The van der Waals surface area contributed by atoms with Crippen molar-refractivity contribution in [2.45, 2.75) is 46.0 Å². The van der Waals surface area contributed by atoms with Crippen molar-refractivity contribution < 1.29 is 9.52 Å². The Morgan fingerprint density at radius 3 is 2.44 bits per heavy atom. The van der Waals surface area contributed by atoms with Gasteiger partial charge in [0.1, 0.15) is 5.75 Å². The van der Waals surface area contributed by atoms with E-state index in [1.54, 1.807) is 6.07 Å². The molecule has 0 aliphatic heterocycles. The molecule has 2 rings (SSSR count). The Kier molecular flexibility index (Phi) is 3.01. The molecule has 0 fully saturated rings. The van der Waals surface area contributed by atoms with E-state index >= 15 is 0 Å². The highest BCUT2D eigenvalue weighted by Gasteiger charge is 2.25. The van der Waals surface area contributed by atoms with Crippen LogP contribution in [0.3, 0.4) is 0 Å². The first-order chi connectivity index (χ1) is 8.21. The summed E-state index contributed by atoms with van der Waals surface area (Å²) in [6, 6.07) is 1.73. The van der Waals surface area contributed by atoms with Gasteiger partial charge in [-0.2, -0.15) is 0 Å². The Hall–Kier alpha value is -1.29. The summed E-state index contributed by atoms with van der Waals surface area (Å²) in [6.07, 6.45) is 0. The summed E-state index contributed by atoms with van der Waals surface area (Å²) in [6.45, 7) is 10.1. The molecular weight excluding hydrogens is 248 g/mol. The molecule has 18 heavy (non-hydrogen) atoms. The zero-order valence-corrected chi connectivity index (χ0v) is 12.1. The Labute approximate surface area is 110 Å². The lowest BCUT2D eigenvalue weighted by molar-refractivity contribution is 0.460. The molecule has 2 aromatic rings. The molecule has 1 aromatic carbocycles.